The van der Waals surface area contributed by atoms with Crippen molar-refractivity contribution in [2.45, 2.75) is 6.04 Å². The quantitative estimate of drug-likeness (QED) is 0.912. The topological polar surface area (TPSA) is 78.6 Å². The van der Waals surface area contributed by atoms with Crippen LogP contribution in [0.3, 0.4) is 0 Å². The molecule has 1 aliphatic rings. The van der Waals surface area contributed by atoms with E-state index in [2.05, 4.69) is 15.5 Å². The number of rotatable bonds is 4. The van der Waals surface area contributed by atoms with Crippen LogP contribution in [0.2, 0.25) is 0 Å². The Bertz CT molecular complexity index is 608. The zero-order valence-electron chi connectivity index (χ0n) is 12.0. The monoisotopic (exact) mass is 291 g/mol. The first-order valence-corrected chi connectivity index (χ1v) is 6.69. The maximum absolute atomic E-state index is 5.39. The van der Waals surface area contributed by atoms with Crippen molar-refractivity contribution >= 4 is 0 Å². The molecule has 2 heterocycles. The van der Waals surface area contributed by atoms with E-state index < -0.39 is 0 Å². The zero-order chi connectivity index (χ0) is 14.7. The Morgan fingerprint density at radius 1 is 1.24 bits per heavy atom. The maximum atomic E-state index is 5.39. The average molecular weight is 291 g/mol. The molecule has 0 saturated carbocycles. The van der Waals surface area contributed by atoms with Gasteiger partial charge in [-0.25, -0.2) is 0 Å². The van der Waals surface area contributed by atoms with Crippen LogP contribution in [0.1, 0.15) is 11.9 Å². The minimum atomic E-state index is -0.0554. The summed E-state index contributed by atoms with van der Waals surface area (Å²) in [5, 5.41) is 7.29. The third kappa shape index (κ3) is 2.84. The molecular formula is C14H17N3O4. The third-order valence-corrected chi connectivity index (χ3v) is 3.30. The van der Waals surface area contributed by atoms with Crippen molar-refractivity contribution in [3.8, 4) is 22.9 Å². The summed E-state index contributed by atoms with van der Waals surface area (Å²) in [6.07, 6.45) is 0. The van der Waals surface area contributed by atoms with Crippen molar-refractivity contribution in [1.29, 1.82) is 0 Å². The van der Waals surface area contributed by atoms with Gasteiger partial charge in [0.15, 0.2) is 11.5 Å². The van der Waals surface area contributed by atoms with Gasteiger partial charge in [0.1, 0.15) is 6.04 Å². The number of aromatic nitrogens is 2. The van der Waals surface area contributed by atoms with E-state index >= 15 is 0 Å². The molecule has 112 valence electrons. The Labute approximate surface area is 122 Å². The van der Waals surface area contributed by atoms with Gasteiger partial charge in [0.05, 0.1) is 27.4 Å². The molecule has 1 saturated heterocycles. The van der Waals surface area contributed by atoms with E-state index in [9.17, 15) is 0 Å². The smallest absolute Gasteiger partial charge is 0.246 e. The molecule has 1 atom stereocenters. The van der Waals surface area contributed by atoms with Crippen molar-refractivity contribution < 1.29 is 18.7 Å². The molecule has 7 heteroatoms. The Hall–Kier alpha value is -2.12. The summed E-state index contributed by atoms with van der Waals surface area (Å²) in [5.41, 5.74) is 0.805. The Balaban J connectivity index is 1.85. The summed E-state index contributed by atoms with van der Waals surface area (Å²) in [6.45, 7) is 2.01. The van der Waals surface area contributed by atoms with Crippen LogP contribution in [0.5, 0.6) is 11.5 Å². The molecule has 7 nitrogen and oxygen atoms in total. The second-order valence-electron chi connectivity index (χ2n) is 4.61. The van der Waals surface area contributed by atoms with E-state index in [0.717, 1.165) is 12.1 Å². The zero-order valence-corrected chi connectivity index (χ0v) is 12.0. The lowest BCUT2D eigenvalue weighted by molar-refractivity contribution is 0.0659. The highest BCUT2D eigenvalue weighted by Gasteiger charge is 2.22. The van der Waals surface area contributed by atoms with Crippen molar-refractivity contribution in [2.75, 3.05) is 34.0 Å². The molecule has 1 aliphatic heterocycles. The van der Waals surface area contributed by atoms with E-state index in [1.54, 1.807) is 14.2 Å². The van der Waals surface area contributed by atoms with E-state index in [-0.39, 0.29) is 6.04 Å². The van der Waals surface area contributed by atoms with E-state index in [0.29, 0.717) is 36.4 Å². The SMILES string of the molecule is COc1ccc(-c2noc(C3COCCN3)n2)cc1OC. The Morgan fingerprint density at radius 3 is 2.81 bits per heavy atom. The lowest BCUT2D eigenvalue weighted by Crippen LogP contribution is -2.34. The van der Waals surface area contributed by atoms with Crippen LogP contribution in [-0.4, -0.2) is 44.1 Å². The number of nitrogens with one attached hydrogen (secondary N) is 1. The van der Waals surface area contributed by atoms with Crippen LogP contribution >= 0.6 is 0 Å². The number of hydrogen-bond acceptors (Lipinski definition) is 7. The predicted octanol–water partition coefficient (Wildman–Crippen LogP) is 1.41. The summed E-state index contributed by atoms with van der Waals surface area (Å²) >= 11 is 0. The molecular weight excluding hydrogens is 274 g/mol. The fourth-order valence-corrected chi connectivity index (χ4v) is 2.19. The van der Waals surface area contributed by atoms with Crippen molar-refractivity contribution in [3.05, 3.63) is 24.1 Å². The first-order chi connectivity index (χ1) is 10.3. The number of methoxy groups -OCH3 is 2. The highest BCUT2D eigenvalue weighted by molar-refractivity contribution is 5.60. The Kier molecular flexibility index (Phi) is 4.03. The minimum absolute atomic E-state index is 0.0554. The molecule has 1 aromatic heterocycles. The summed E-state index contributed by atoms with van der Waals surface area (Å²) in [4.78, 5) is 4.42. The van der Waals surface area contributed by atoms with Crippen molar-refractivity contribution in [1.82, 2.24) is 15.5 Å². The largest absolute Gasteiger partial charge is 0.493 e. The van der Waals surface area contributed by atoms with Crippen LogP contribution in [0, 0.1) is 0 Å². The molecule has 0 bridgehead atoms. The molecule has 1 aromatic carbocycles. The number of benzene rings is 1. The summed E-state index contributed by atoms with van der Waals surface area (Å²) in [5.74, 6) is 2.32. The highest BCUT2D eigenvalue weighted by atomic mass is 16.5. The lowest BCUT2D eigenvalue weighted by Gasteiger charge is -2.20. The van der Waals surface area contributed by atoms with Crippen LogP contribution in [0.4, 0.5) is 0 Å². The molecule has 2 aromatic rings. The van der Waals surface area contributed by atoms with E-state index in [1.165, 1.54) is 0 Å². The van der Waals surface area contributed by atoms with Gasteiger partial charge in [0, 0.05) is 12.1 Å². The molecule has 1 unspecified atom stereocenters. The van der Waals surface area contributed by atoms with Crippen LogP contribution in [0.25, 0.3) is 11.4 Å². The first kappa shape index (κ1) is 13.8. The van der Waals surface area contributed by atoms with Gasteiger partial charge in [-0.3, -0.25) is 0 Å². The molecule has 0 spiro atoms. The normalized spacial score (nSPS) is 18.5. The second kappa shape index (κ2) is 6.11. The predicted molar refractivity (Wildman–Crippen MR) is 74.4 cm³/mol. The molecule has 0 aliphatic carbocycles. The number of hydrogen-bond donors (Lipinski definition) is 1. The molecule has 1 fully saturated rings. The number of nitrogens with zero attached hydrogens (tertiary/aromatic N) is 2. The highest BCUT2D eigenvalue weighted by Crippen LogP contribution is 2.31. The van der Waals surface area contributed by atoms with Gasteiger partial charge in [0.2, 0.25) is 11.7 Å². The first-order valence-electron chi connectivity index (χ1n) is 6.69. The van der Waals surface area contributed by atoms with Gasteiger partial charge in [-0.2, -0.15) is 4.98 Å². The third-order valence-electron chi connectivity index (χ3n) is 3.30. The minimum Gasteiger partial charge on any atom is -0.493 e. The van der Waals surface area contributed by atoms with Crippen LogP contribution < -0.4 is 14.8 Å². The molecule has 3 rings (SSSR count). The summed E-state index contributed by atoms with van der Waals surface area (Å²) in [7, 11) is 3.19. The average Bonchev–Trinajstić information content (AvgIpc) is 3.05. The van der Waals surface area contributed by atoms with Crippen molar-refractivity contribution in [2.24, 2.45) is 0 Å². The fraction of sp³-hybridized carbons (Fsp3) is 0.429. The second-order valence-corrected chi connectivity index (χ2v) is 4.61. The summed E-state index contributed by atoms with van der Waals surface area (Å²) in [6, 6.07) is 5.44. The summed E-state index contributed by atoms with van der Waals surface area (Å²) < 4.78 is 21.2. The molecule has 1 N–H and O–H groups in total. The lowest BCUT2D eigenvalue weighted by atomic mass is 10.2. The van der Waals surface area contributed by atoms with Gasteiger partial charge in [-0.05, 0) is 18.2 Å². The van der Waals surface area contributed by atoms with Gasteiger partial charge in [-0.15, -0.1) is 0 Å². The van der Waals surface area contributed by atoms with E-state index in [1.807, 2.05) is 18.2 Å². The Morgan fingerprint density at radius 2 is 2.10 bits per heavy atom. The van der Waals surface area contributed by atoms with Gasteiger partial charge >= 0.3 is 0 Å². The van der Waals surface area contributed by atoms with Crippen LogP contribution in [0.15, 0.2) is 22.7 Å². The van der Waals surface area contributed by atoms with Crippen LogP contribution in [-0.2, 0) is 4.74 Å². The standard InChI is InChI=1S/C14H17N3O4/c1-18-11-4-3-9(7-12(11)19-2)13-16-14(21-17-13)10-8-20-6-5-15-10/h3-4,7,10,15H,5-6,8H2,1-2H3. The van der Waals surface area contributed by atoms with E-state index in [4.69, 9.17) is 18.7 Å². The van der Waals surface area contributed by atoms with Gasteiger partial charge in [-0.1, -0.05) is 5.16 Å². The molecule has 21 heavy (non-hydrogen) atoms. The van der Waals surface area contributed by atoms with Gasteiger partial charge < -0.3 is 24.1 Å². The number of ether oxygens (including phenoxy) is 3. The molecule has 0 amide bonds. The molecule has 0 radical (unpaired) electrons. The van der Waals surface area contributed by atoms with Gasteiger partial charge in [0.25, 0.3) is 0 Å². The fourth-order valence-electron chi connectivity index (χ4n) is 2.19. The maximum Gasteiger partial charge on any atom is 0.246 e. The number of morpholine rings is 1. The van der Waals surface area contributed by atoms with Crippen molar-refractivity contribution in [3.63, 3.8) is 0 Å².